The van der Waals surface area contributed by atoms with Crippen LogP contribution in [0.25, 0.3) is 0 Å². The van der Waals surface area contributed by atoms with Gasteiger partial charge in [-0.15, -0.1) is 11.6 Å². The SMILES string of the molecule is CCONC(=O)CCCCCl. The molecule has 0 aliphatic carbocycles. The van der Waals surface area contributed by atoms with E-state index < -0.39 is 0 Å². The number of carbonyl (C=O) groups is 1. The Bertz CT molecular complexity index is 109. The number of rotatable bonds is 6. The van der Waals surface area contributed by atoms with Crippen LogP contribution >= 0.6 is 11.6 Å². The Morgan fingerprint density at radius 2 is 2.27 bits per heavy atom. The van der Waals surface area contributed by atoms with Crippen molar-refractivity contribution in [3.05, 3.63) is 0 Å². The molecule has 0 heterocycles. The monoisotopic (exact) mass is 179 g/mol. The Hall–Kier alpha value is -0.280. The second-order valence-corrected chi connectivity index (χ2v) is 2.48. The van der Waals surface area contributed by atoms with Crippen molar-refractivity contribution in [2.75, 3.05) is 12.5 Å². The summed E-state index contributed by atoms with van der Waals surface area (Å²) in [4.78, 5) is 15.5. The van der Waals surface area contributed by atoms with Crippen LogP contribution in [-0.4, -0.2) is 18.4 Å². The quantitative estimate of drug-likeness (QED) is 0.381. The number of amides is 1. The summed E-state index contributed by atoms with van der Waals surface area (Å²) in [5.74, 6) is 0.541. The molecule has 3 nitrogen and oxygen atoms in total. The Kier molecular flexibility index (Phi) is 7.62. The van der Waals surface area contributed by atoms with Crippen LogP contribution in [0, 0.1) is 0 Å². The average molecular weight is 180 g/mol. The van der Waals surface area contributed by atoms with Crippen molar-refractivity contribution in [2.24, 2.45) is 0 Å². The molecule has 0 radical (unpaired) electrons. The van der Waals surface area contributed by atoms with E-state index in [1.165, 1.54) is 0 Å². The highest BCUT2D eigenvalue weighted by molar-refractivity contribution is 6.17. The minimum Gasteiger partial charge on any atom is -0.274 e. The summed E-state index contributed by atoms with van der Waals surface area (Å²) in [6.45, 7) is 2.32. The zero-order valence-electron chi connectivity index (χ0n) is 6.73. The van der Waals surface area contributed by atoms with Gasteiger partial charge >= 0.3 is 0 Å². The largest absolute Gasteiger partial charge is 0.274 e. The van der Waals surface area contributed by atoms with Crippen molar-refractivity contribution in [3.63, 3.8) is 0 Å². The number of hydroxylamine groups is 1. The first-order valence-corrected chi connectivity index (χ1v) is 4.31. The van der Waals surface area contributed by atoms with E-state index >= 15 is 0 Å². The normalized spacial score (nSPS) is 9.64. The second kappa shape index (κ2) is 7.82. The van der Waals surface area contributed by atoms with Gasteiger partial charge in [-0.1, -0.05) is 0 Å². The van der Waals surface area contributed by atoms with Crippen LogP contribution in [0.15, 0.2) is 0 Å². The molecule has 0 aromatic carbocycles. The Morgan fingerprint density at radius 3 is 2.82 bits per heavy atom. The molecule has 0 aliphatic rings. The van der Waals surface area contributed by atoms with Gasteiger partial charge in [-0.3, -0.25) is 9.63 Å². The van der Waals surface area contributed by atoms with Gasteiger partial charge in [0.25, 0.3) is 0 Å². The van der Waals surface area contributed by atoms with Gasteiger partial charge in [0.1, 0.15) is 0 Å². The number of carbonyl (C=O) groups excluding carboxylic acids is 1. The minimum atomic E-state index is -0.0723. The third-order valence-corrected chi connectivity index (χ3v) is 1.39. The van der Waals surface area contributed by atoms with E-state index in [4.69, 9.17) is 16.4 Å². The molecule has 0 bridgehead atoms. The summed E-state index contributed by atoms with van der Waals surface area (Å²) >= 11 is 5.43. The molecule has 0 saturated carbocycles. The molecule has 66 valence electrons. The summed E-state index contributed by atoms with van der Waals surface area (Å²) in [5, 5.41) is 0. The molecule has 0 aromatic rings. The lowest BCUT2D eigenvalue weighted by Gasteiger charge is -2.01. The first kappa shape index (κ1) is 10.7. The molecule has 0 unspecified atom stereocenters. The number of unbranched alkanes of at least 4 members (excludes halogenated alkanes) is 1. The van der Waals surface area contributed by atoms with E-state index in [2.05, 4.69) is 5.48 Å². The third-order valence-electron chi connectivity index (χ3n) is 1.12. The molecule has 0 saturated heterocycles. The van der Waals surface area contributed by atoms with Crippen LogP contribution in [-0.2, 0) is 9.63 Å². The van der Waals surface area contributed by atoms with E-state index in [9.17, 15) is 4.79 Å². The topological polar surface area (TPSA) is 38.3 Å². The maximum Gasteiger partial charge on any atom is 0.243 e. The Balaban J connectivity index is 3.09. The molecule has 0 atom stereocenters. The highest BCUT2D eigenvalue weighted by atomic mass is 35.5. The Morgan fingerprint density at radius 1 is 1.55 bits per heavy atom. The zero-order valence-corrected chi connectivity index (χ0v) is 7.49. The first-order chi connectivity index (χ1) is 5.31. The second-order valence-electron chi connectivity index (χ2n) is 2.10. The van der Waals surface area contributed by atoms with Gasteiger partial charge < -0.3 is 0 Å². The van der Waals surface area contributed by atoms with Crippen molar-refractivity contribution in [2.45, 2.75) is 26.2 Å². The molecule has 0 aromatic heterocycles. The van der Waals surface area contributed by atoms with Crippen LogP contribution in [0.3, 0.4) is 0 Å². The van der Waals surface area contributed by atoms with Crippen LogP contribution in [0.2, 0.25) is 0 Å². The lowest BCUT2D eigenvalue weighted by molar-refractivity contribution is -0.133. The fourth-order valence-corrected chi connectivity index (χ4v) is 0.773. The van der Waals surface area contributed by atoms with E-state index in [1.54, 1.807) is 0 Å². The lowest BCUT2D eigenvalue weighted by atomic mass is 10.2. The van der Waals surface area contributed by atoms with Crippen LogP contribution < -0.4 is 5.48 Å². The van der Waals surface area contributed by atoms with Gasteiger partial charge in [0.2, 0.25) is 5.91 Å². The highest BCUT2D eigenvalue weighted by Crippen LogP contribution is 1.96. The van der Waals surface area contributed by atoms with Gasteiger partial charge in [-0.2, -0.15) is 0 Å². The fraction of sp³-hybridized carbons (Fsp3) is 0.857. The van der Waals surface area contributed by atoms with Gasteiger partial charge in [-0.25, -0.2) is 5.48 Å². The smallest absolute Gasteiger partial charge is 0.243 e. The van der Waals surface area contributed by atoms with E-state index in [0.29, 0.717) is 18.9 Å². The summed E-state index contributed by atoms with van der Waals surface area (Å²) < 4.78 is 0. The first-order valence-electron chi connectivity index (χ1n) is 3.77. The predicted octanol–water partition coefficient (Wildman–Crippen LogP) is 1.46. The summed E-state index contributed by atoms with van der Waals surface area (Å²) in [6, 6.07) is 0. The molecule has 0 aliphatic heterocycles. The third kappa shape index (κ3) is 7.62. The van der Waals surface area contributed by atoms with E-state index in [-0.39, 0.29) is 5.91 Å². The maximum absolute atomic E-state index is 10.8. The number of alkyl halides is 1. The van der Waals surface area contributed by atoms with E-state index in [1.807, 2.05) is 6.92 Å². The Labute approximate surface area is 72.0 Å². The standard InChI is InChI=1S/C7H14ClNO2/c1-2-11-9-7(10)5-3-4-6-8/h2-6H2,1H3,(H,9,10). The lowest BCUT2D eigenvalue weighted by Crippen LogP contribution is -2.23. The van der Waals surface area contributed by atoms with Crippen LogP contribution in [0.4, 0.5) is 0 Å². The summed E-state index contributed by atoms with van der Waals surface area (Å²) in [7, 11) is 0. The molecule has 0 rings (SSSR count). The molecule has 4 heteroatoms. The van der Waals surface area contributed by atoms with Gasteiger partial charge in [-0.05, 0) is 19.8 Å². The molecule has 0 spiro atoms. The molecule has 0 fully saturated rings. The van der Waals surface area contributed by atoms with Crippen molar-refractivity contribution in [1.82, 2.24) is 5.48 Å². The number of halogens is 1. The van der Waals surface area contributed by atoms with E-state index in [0.717, 1.165) is 12.8 Å². The number of nitrogens with one attached hydrogen (secondary N) is 1. The molecular weight excluding hydrogens is 166 g/mol. The van der Waals surface area contributed by atoms with Crippen molar-refractivity contribution < 1.29 is 9.63 Å². The molecule has 1 N–H and O–H groups in total. The number of hydrogen-bond donors (Lipinski definition) is 1. The average Bonchev–Trinajstić information content (AvgIpc) is 2.01. The molecule has 11 heavy (non-hydrogen) atoms. The molecular formula is C7H14ClNO2. The summed E-state index contributed by atoms with van der Waals surface area (Å²) in [6.07, 6.45) is 2.19. The maximum atomic E-state index is 10.8. The van der Waals surface area contributed by atoms with Gasteiger partial charge in [0.15, 0.2) is 0 Å². The van der Waals surface area contributed by atoms with Crippen LogP contribution in [0.1, 0.15) is 26.2 Å². The molecule has 1 amide bonds. The van der Waals surface area contributed by atoms with Crippen molar-refractivity contribution in [3.8, 4) is 0 Å². The predicted molar refractivity (Wildman–Crippen MR) is 44.3 cm³/mol. The van der Waals surface area contributed by atoms with Gasteiger partial charge in [0, 0.05) is 12.3 Å². The van der Waals surface area contributed by atoms with Crippen molar-refractivity contribution in [1.29, 1.82) is 0 Å². The van der Waals surface area contributed by atoms with Crippen LogP contribution in [0.5, 0.6) is 0 Å². The highest BCUT2D eigenvalue weighted by Gasteiger charge is 1.98. The summed E-state index contributed by atoms with van der Waals surface area (Å²) in [5.41, 5.74) is 2.31. The fourth-order valence-electron chi connectivity index (χ4n) is 0.584. The number of hydrogen-bond acceptors (Lipinski definition) is 2. The van der Waals surface area contributed by atoms with Crippen molar-refractivity contribution >= 4 is 17.5 Å². The zero-order chi connectivity index (χ0) is 8.53. The minimum absolute atomic E-state index is 0.0723. The van der Waals surface area contributed by atoms with Gasteiger partial charge in [0.05, 0.1) is 6.61 Å².